The molecule has 2 aromatic rings. The Labute approximate surface area is 152 Å². The second-order valence-electron chi connectivity index (χ2n) is 5.89. The standard InChI is InChI=1S/C17H18N2O5S2/c20-17(14-7-2-1-3-8-14)18-25(21,22)15-9-6-10-16(13-15)26(23,24)19-11-4-5-12-19/h1-3,6-10,13H,4-5,11-12H2,(H,18,20). The molecule has 9 heteroatoms. The van der Waals surface area contributed by atoms with Crippen LogP contribution in [-0.2, 0) is 20.0 Å². The highest BCUT2D eigenvalue weighted by Crippen LogP contribution is 2.23. The fourth-order valence-electron chi connectivity index (χ4n) is 2.71. The van der Waals surface area contributed by atoms with Crippen molar-refractivity contribution in [3.8, 4) is 0 Å². The van der Waals surface area contributed by atoms with Gasteiger partial charge in [-0.25, -0.2) is 21.6 Å². The largest absolute Gasteiger partial charge is 0.268 e. The third kappa shape index (κ3) is 3.79. The van der Waals surface area contributed by atoms with Crippen molar-refractivity contribution in [2.24, 2.45) is 0 Å². The van der Waals surface area contributed by atoms with Crippen molar-refractivity contribution in [3.05, 3.63) is 60.2 Å². The molecule has 1 heterocycles. The zero-order chi connectivity index (χ0) is 18.8. The molecule has 26 heavy (non-hydrogen) atoms. The lowest BCUT2D eigenvalue weighted by Crippen LogP contribution is -2.31. The Balaban J connectivity index is 1.88. The summed E-state index contributed by atoms with van der Waals surface area (Å²) in [5, 5.41) is 0. The predicted octanol–water partition coefficient (Wildman–Crippen LogP) is 1.59. The van der Waals surface area contributed by atoms with Crippen LogP contribution in [0.2, 0.25) is 0 Å². The van der Waals surface area contributed by atoms with Crippen LogP contribution in [0.3, 0.4) is 0 Å². The average Bonchev–Trinajstić information content (AvgIpc) is 3.18. The molecule has 7 nitrogen and oxygen atoms in total. The van der Waals surface area contributed by atoms with Gasteiger partial charge in [0.1, 0.15) is 0 Å². The molecule has 0 unspecified atom stereocenters. The summed E-state index contributed by atoms with van der Waals surface area (Å²) >= 11 is 0. The molecule has 0 atom stereocenters. The van der Waals surface area contributed by atoms with Crippen LogP contribution in [0.5, 0.6) is 0 Å². The quantitative estimate of drug-likeness (QED) is 0.830. The van der Waals surface area contributed by atoms with Crippen LogP contribution >= 0.6 is 0 Å². The van der Waals surface area contributed by atoms with E-state index in [1.807, 2.05) is 4.72 Å². The molecule has 1 saturated heterocycles. The van der Waals surface area contributed by atoms with Gasteiger partial charge in [-0.3, -0.25) is 4.79 Å². The normalized spacial score (nSPS) is 15.7. The Kier molecular flexibility index (Phi) is 5.12. The number of nitrogens with one attached hydrogen (secondary N) is 1. The first-order valence-corrected chi connectivity index (χ1v) is 11.0. The lowest BCUT2D eigenvalue weighted by atomic mass is 10.2. The van der Waals surface area contributed by atoms with E-state index in [0.29, 0.717) is 13.1 Å². The Bertz CT molecular complexity index is 1010. The number of sulfonamides is 2. The number of benzene rings is 2. The zero-order valence-electron chi connectivity index (χ0n) is 13.8. The summed E-state index contributed by atoms with van der Waals surface area (Å²) in [4.78, 5) is 11.7. The maximum absolute atomic E-state index is 12.6. The molecule has 1 fully saturated rings. The molecule has 0 aliphatic carbocycles. The van der Waals surface area contributed by atoms with E-state index in [0.717, 1.165) is 18.9 Å². The number of hydrogen-bond acceptors (Lipinski definition) is 5. The summed E-state index contributed by atoms with van der Waals surface area (Å²) in [6.07, 6.45) is 1.56. The van der Waals surface area contributed by atoms with Crippen molar-refractivity contribution in [1.29, 1.82) is 0 Å². The van der Waals surface area contributed by atoms with E-state index in [9.17, 15) is 21.6 Å². The number of carbonyl (C=O) groups excluding carboxylic acids is 1. The number of rotatable bonds is 5. The second kappa shape index (κ2) is 7.18. The minimum atomic E-state index is -4.20. The summed E-state index contributed by atoms with van der Waals surface area (Å²) in [5.74, 6) is -0.779. The van der Waals surface area contributed by atoms with Gasteiger partial charge < -0.3 is 0 Å². The smallest absolute Gasteiger partial charge is 0.264 e. The number of amides is 1. The van der Waals surface area contributed by atoms with Crippen LogP contribution in [0.25, 0.3) is 0 Å². The first-order chi connectivity index (χ1) is 12.3. The molecule has 1 N–H and O–H groups in total. The third-order valence-corrected chi connectivity index (χ3v) is 7.30. The van der Waals surface area contributed by atoms with Gasteiger partial charge in [0.25, 0.3) is 15.9 Å². The molecular weight excluding hydrogens is 376 g/mol. The fourth-order valence-corrected chi connectivity index (χ4v) is 5.37. The summed E-state index contributed by atoms with van der Waals surface area (Å²) in [6, 6.07) is 12.9. The highest BCUT2D eigenvalue weighted by molar-refractivity contribution is 7.90. The molecule has 0 spiro atoms. The van der Waals surface area contributed by atoms with E-state index in [4.69, 9.17) is 0 Å². The van der Waals surface area contributed by atoms with Gasteiger partial charge in [-0.1, -0.05) is 24.3 Å². The van der Waals surface area contributed by atoms with Crippen LogP contribution in [-0.4, -0.2) is 40.1 Å². The van der Waals surface area contributed by atoms with E-state index in [1.165, 1.54) is 34.6 Å². The Morgan fingerprint density at radius 2 is 1.46 bits per heavy atom. The van der Waals surface area contributed by atoms with Crippen molar-refractivity contribution in [2.75, 3.05) is 13.1 Å². The van der Waals surface area contributed by atoms with Crippen LogP contribution in [0.4, 0.5) is 0 Å². The SMILES string of the molecule is O=C(NS(=O)(=O)c1cccc(S(=O)(=O)N2CCCC2)c1)c1ccccc1. The summed E-state index contributed by atoms with van der Waals surface area (Å²) in [6.45, 7) is 0.841. The topological polar surface area (TPSA) is 101 Å². The average molecular weight is 394 g/mol. The molecule has 2 aromatic carbocycles. The Morgan fingerprint density at radius 1 is 0.846 bits per heavy atom. The molecule has 0 aromatic heterocycles. The number of nitrogens with zero attached hydrogens (tertiary/aromatic N) is 1. The zero-order valence-corrected chi connectivity index (χ0v) is 15.5. The molecule has 1 aliphatic rings. The maximum Gasteiger partial charge on any atom is 0.264 e. The van der Waals surface area contributed by atoms with E-state index in [1.54, 1.807) is 18.2 Å². The van der Waals surface area contributed by atoms with Gasteiger partial charge in [0.15, 0.2) is 0 Å². The number of carbonyl (C=O) groups is 1. The summed E-state index contributed by atoms with van der Waals surface area (Å²) in [5.41, 5.74) is 0.192. The van der Waals surface area contributed by atoms with E-state index >= 15 is 0 Å². The first-order valence-electron chi connectivity index (χ1n) is 8.03. The molecule has 3 rings (SSSR count). The summed E-state index contributed by atoms with van der Waals surface area (Å²) < 4.78 is 53.5. The molecule has 0 bridgehead atoms. The number of hydrogen-bond donors (Lipinski definition) is 1. The van der Waals surface area contributed by atoms with Gasteiger partial charge in [0, 0.05) is 18.7 Å². The minimum absolute atomic E-state index is 0.102. The van der Waals surface area contributed by atoms with Gasteiger partial charge in [0.2, 0.25) is 10.0 Å². The van der Waals surface area contributed by atoms with Crippen molar-refractivity contribution < 1.29 is 21.6 Å². The first kappa shape index (κ1) is 18.6. The molecule has 1 amide bonds. The van der Waals surface area contributed by atoms with Gasteiger partial charge in [-0.05, 0) is 43.2 Å². The fraction of sp³-hybridized carbons (Fsp3) is 0.235. The third-order valence-electron chi connectivity index (χ3n) is 4.08. The van der Waals surface area contributed by atoms with Crippen LogP contribution < -0.4 is 4.72 Å². The Hall–Kier alpha value is -2.23. The summed E-state index contributed by atoms with van der Waals surface area (Å²) in [7, 11) is -7.94. The highest BCUT2D eigenvalue weighted by Gasteiger charge is 2.28. The molecule has 0 radical (unpaired) electrons. The van der Waals surface area contributed by atoms with Crippen molar-refractivity contribution in [1.82, 2.24) is 9.03 Å². The monoisotopic (exact) mass is 394 g/mol. The van der Waals surface area contributed by atoms with Crippen LogP contribution in [0, 0.1) is 0 Å². The lowest BCUT2D eigenvalue weighted by Gasteiger charge is -2.16. The Morgan fingerprint density at radius 3 is 2.12 bits per heavy atom. The van der Waals surface area contributed by atoms with Crippen molar-refractivity contribution >= 4 is 26.0 Å². The van der Waals surface area contributed by atoms with Crippen molar-refractivity contribution in [2.45, 2.75) is 22.6 Å². The van der Waals surface area contributed by atoms with Gasteiger partial charge >= 0.3 is 0 Å². The van der Waals surface area contributed by atoms with Gasteiger partial charge in [-0.2, -0.15) is 4.31 Å². The molecule has 0 saturated carbocycles. The van der Waals surface area contributed by atoms with Gasteiger partial charge in [0.05, 0.1) is 9.79 Å². The van der Waals surface area contributed by atoms with E-state index in [-0.39, 0.29) is 15.4 Å². The maximum atomic E-state index is 12.6. The molecular formula is C17H18N2O5S2. The van der Waals surface area contributed by atoms with Crippen LogP contribution in [0.15, 0.2) is 64.4 Å². The highest BCUT2D eigenvalue weighted by atomic mass is 32.2. The van der Waals surface area contributed by atoms with Gasteiger partial charge in [-0.15, -0.1) is 0 Å². The van der Waals surface area contributed by atoms with Crippen LogP contribution in [0.1, 0.15) is 23.2 Å². The molecule has 1 aliphatic heterocycles. The second-order valence-corrected chi connectivity index (χ2v) is 9.51. The molecule has 138 valence electrons. The van der Waals surface area contributed by atoms with Crippen molar-refractivity contribution in [3.63, 3.8) is 0 Å². The lowest BCUT2D eigenvalue weighted by molar-refractivity contribution is 0.0981. The van der Waals surface area contributed by atoms with E-state index < -0.39 is 26.0 Å². The van der Waals surface area contributed by atoms with E-state index in [2.05, 4.69) is 0 Å². The predicted molar refractivity (Wildman–Crippen MR) is 95.5 cm³/mol. The minimum Gasteiger partial charge on any atom is -0.268 e.